The van der Waals surface area contributed by atoms with Crippen LogP contribution in [-0.4, -0.2) is 94.6 Å². The fourth-order valence-electron chi connectivity index (χ4n) is 0.765. The van der Waals surface area contributed by atoms with Gasteiger partial charge in [-0.3, -0.25) is 0 Å². The zero-order valence-electron chi connectivity index (χ0n) is 11.2. The molecule has 0 radical (unpaired) electrons. The molecule has 2 aromatic rings. The number of nitrogens with zero attached hydrogens (tertiary/aromatic N) is 12. The number of hydrogen-bond acceptors (Lipinski definition) is 8. The van der Waals surface area contributed by atoms with E-state index in [1.54, 1.807) is 0 Å². The Bertz CT molecular complexity index is 660. The van der Waals surface area contributed by atoms with Gasteiger partial charge >= 0.3 is 48.9 Å². The second-order valence-corrected chi connectivity index (χ2v) is 2.88. The molecule has 0 aliphatic heterocycles. The van der Waals surface area contributed by atoms with Gasteiger partial charge in [0.05, 0.1) is 0 Å². The minimum atomic E-state index is -0.855. The van der Waals surface area contributed by atoms with Gasteiger partial charge in [-0.2, -0.15) is 0 Å². The predicted octanol–water partition coefficient (Wildman–Crippen LogP) is -5.48. The maximum absolute atomic E-state index is 9.75. The van der Waals surface area contributed by atoms with Crippen molar-refractivity contribution in [1.82, 2.24) is 40.4 Å². The molecule has 0 aliphatic carbocycles. The van der Waals surface area contributed by atoms with E-state index in [0.29, 0.717) is 0 Å². The van der Waals surface area contributed by atoms with Crippen LogP contribution in [0, 0.1) is 20.2 Å². The Kier molecular flexibility index (Phi) is 10.9. The number of rotatable bonds is 2. The molecule has 0 aromatic carbocycles. The minimum Gasteiger partial charge on any atom is -0.412 e. The van der Waals surface area contributed by atoms with Gasteiger partial charge in [-0.25, -0.2) is 40.9 Å². The molecule has 0 aliphatic rings. The van der Waals surface area contributed by atoms with Crippen molar-refractivity contribution < 1.29 is 15.5 Å². The van der Waals surface area contributed by atoms with Gasteiger partial charge in [0, 0.05) is 0 Å². The summed E-state index contributed by atoms with van der Waals surface area (Å²) in [5.74, 6) is 0. The fraction of sp³-hybridized carbons (Fsp3) is 0.500. The van der Waals surface area contributed by atoms with Crippen molar-refractivity contribution in [2.24, 2.45) is 24.3 Å². The first-order valence-electron chi connectivity index (χ1n) is 4.57. The summed E-state index contributed by atoms with van der Waals surface area (Å²) in [6.45, 7) is 0. The summed E-state index contributed by atoms with van der Waals surface area (Å²) in [7, 11) is 2.92. The van der Waals surface area contributed by atoms with Crippen LogP contribution in [0.3, 0.4) is 0 Å². The van der Waals surface area contributed by atoms with Gasteiger partial charge in [0.15, 0.2) is 11.2 Å². The molecule has 0 saturated carbocycles. The minimum absolute atomic E-state index is 0. The molecule has 116 valence electrons. The Morgan fingerprint density at radius 1 is 0.955 bits per heavy atom. The maximum atomic E-state index is 9.75. The fourth-order valence-corrected chi connectivity index (χ4v) is 0.765. The molecule has 2 rings (SSSR count). The normalized spacial score (nSPS) is 10.8. The summed E-state index contributed by atoms with van der Waals surface area (Å²) >= 11 is 0. The summed E-state index contributed by atoms with van der Waals surface area (Å²) in [6.07, 6.45) is 0. The molecule has 2 aromatic heterocycles. The van der Waals surface area contributed by atoms with Crippen LogP contribution in [0.15, 0.2) is 10.2 Å². The summed E-state index contributed by atoms with van der Waals surface area (Å²) in [5.41, 5.74) is -0.241. The van der Waals surface area contributed by atoms with E-state index in [9.17, 15) is 20.2 Å². The number of nitro groups is 2. The monoisotopic (exact) mass is 442 g/mol. The Labute approximate surface area is 159 Å². The molecule has 2 N–H and O–H groups in total. The standard InChI is InChI=1S/2C2H3N6O2.Ba.H2O/c2*1-7-2(3-5-6-7)4-8(9)10;;/h2*1H3;;1H2/q2*-1;+2;. The molecule has 0 atom stereocenters. The van der Waals surface area contributed by atoms with Gasteiger partial charge in [-0.15, -0.1) is 10.4 Å². The van der Waals surface area contributed by atoms with E-state index in [2.05, 4.69) is 41.3 Å². The van der Waals surface area contributed by atoms with Gasteiger partial charge in [-0.05, 0) is 24.3 Å². The van der Waals surface area contributed by atoms with Crippen LogP contribution in [0.2, 0.25) is 0 Å². The van der Waals surface area contributed by atoms with Gasteiger partial charge in [0.2, 0.25) is 0 Å². The molecule has 0 fully saturated rings. The van der Waals surface area contributed by atoms with E-state index in [-0.39, 0.29) is 65.6 Å². The van der Waals surface area contributed by atoms with Crippen molar-refractivity contribution in [2.75, 3.05) is 0 Å². The average Bonchev–Trinajstić information content (AvgIpc) is 2.90. The predicted molar refractivity (Wildman–Crippen MR) is 63.1 cm³/mol. The Hall–Kier alpha value is -1.93. The van der Waals surface area contributed by atoms with Gasteiger partial charge < -0.3 is 14.8 Å². The maximum Gasteiger partial charge on any atom is 2.00 e. The van der Waals surface area contributed by atoms with Crippen molar-refractivity contribution in [3.05, 3.63) is 31.5 Å². The SMILES string of the molecule is Cn1nn[n-]c1=N[N+](=O)[O-].Cn1nn[n-]c1=N[N+](=O)[O-].O.[Ba+2]. The Morgan fingerprint density at radius 3 is 1.45 bits per heavy atom. The molecule has 0 unspecified atom stereocenters. The third-order valence-corrected chi connectivity index (χ3v) is 1.54. The molecular formula is C4H8BaN12O5. The van der Waals surface area contributed by atoms with Crippen LogP contribution < -0.4 is 21.4 Å². The number of tetrazole rings is 2. The first kappa shape index (κ1) is 22.4. The number of aryl methyl sites for hydroxylation is 2. The molecule has 0 spiro atoms. The molecule has 2 heterocycles. The topological polar surface area (TPSA) is 232 Å². The van der Waals surface area contributed by atoms with Gasteiger partial charge in [-0.1, -0.05) is 0 Å². The van der Waals surface area contributed by atoms with E-state index >= 15 is 0 Å². The first-order valence-corrected chi connectivity index (χ1v) is 4.57. The van der Waals surface area contributed by atoms with Crippen molar-refractivity contribution in [3.8, 4) is 0 Å². The Balaban J connectivity index is 0. The summed E-state index contributed by atoms with van der Waals surface area (Å²) in [4.78, 5) is 19.5. The van der Waals surface area contributed by atoms with E-state index in [4.69, 9.17) is 0 Å². The van der Waals surface area contributed by atoms with Crippen LogP contribution in [-0.2, 0) is 14.1 Å². The van der Waals surface area contributed by atoms with Crippen molar-refractivity contribution in [3.63, 3.8) is 0 Å². The zero-order chi connectivity index (χ0) is 15.1. The number of hydrogen-bond donors (Lipinski definition) is 0. The largest absolute Gasteiger partial charge is 2.00 e. The van der Waals surface area contributed by atoms with Crippen molar-refractivity contribution >= 4 is 48.9 Å². The molecule has 0 saturated heterocycles. The van der Waals surface area contributed by atoms with Gasteiger partial charge in [0.25, 0.3) is 0 Å². The van der Waals surface area contributed by atoms with Gasteiger partial charge in [0.1, 0.15) is 10.1 Å². The second kappa shape index (κ2) is 10.7. The molecule has 18 heteroatoms. The number of aromatic nitrogens is 8. The van der Waals surface area contributed by atoms with E-state index in [1.165, 1.54) is 14.1 Å². The van der Waals surface area contributed by atoms with Crippen LogP contribution >= 0.6 is 0 Å². The molecule has 0 amide bonds. The molecule has 0 bridgehead atoms. The van der Waals surface area contributed by atoms with Crippen LogP contribution in [0.25, 0.3) is 0 Å². The van der Waals surface area contributed by atoms with Crippen molar-refractivity contribution in [1.29, 1.82) is 0 Å². The summed E-state index contributed by atoms with van der Waals surface area (Å²) in [6, 6.07) is 0. The average molecular weight is 442 g/mol. The van der Waals surface area contributed by atoms with Crippen molar-refractivity contribution in [2.45, 2.75) is 0 Å². The van der Waals surface area contributed by atoms with Crippen LogP contribution in [0.5, 0.6) is 0 Å². The van der Waals surface area contributed by atoms with E-state index in [1.807, 2.05) is 0 Å². The summed E-state index contributed by atoms with van der Waals surface area (Å²) < 4.78 is 2.20. The smallest absolute Gasteiger partial charge is 0.412 e. The third kappa shape index (κ3) is 7.75. The zero-order valence-corrected chi connectivity index (χ0v) is 15.6. The molecule has 17 nitrogen and oxygen atoms in total. The molecular weight excluding hydrogens is 433 g/mol. The van der Waals surface area contributed by atoms with Crippen LogP contribution in [0.4, 0.5) is 0 Å². The van der Waals surface area contributed by atoms with E-state index < -0.39 is 10.1 Å². The third-order valence-electron chi connectivity index (χ3n) is 1.54. The summed E-state index contributed by atoms with van der Waals surface area (Å²) in [5, 5.41) is 43.0. The first-order chi connectivity index (χ1) is 9.40. The van der Waals surface area contributed by atoms with E-state index in [0.717, 1.165) is 9.36 Å². The quantitative estimate of drug-likeness (QED) is 0.243. The van der Waals surface area contributed by atoms with Crippen LogP contribution in [0.1, 0.15) is 0 Å². The Morgan fingerprint density at radius 2 is 1.27 bits per heavy atom. The molecule has 22 heavy (non-hydrogen) atoms. The second-order valence-electron chi connectivity index (χ2n) is 2.88.